The van der Waals surface area contributed by atoms with Crippen LogP contribution in [0.15, 0.2) is 17.2 Å². The standard InChI is InChI=1S/C12H21N3O2S2/c1-2-15-9-12(6-10(15)7-13)19(16,17)14-8-11-4-3-5-18-11/h6,9,11,14H,2-5,7-8,13H2,1H3. The van der Waals surface area contributed by atoms with Crippen LogP contribution in [0.25, 0.3) is 0 Å². The van der Waals surface area contributed by atoms with Gasteiger partial charge in [0.2, 0.25) is 10.0 Å². The SMILES string of the molecule is CCn1cc(S(=O)(=O)NCC2CCCS2)cc1CN. The van der Waals surface area contributed by atoms with Crippen molar-refractivity contribution in [1.82, 2.24) is 9.29 Å². The van der Waals surface area contributed by atoms with Gasteiger partial charge in [-0.05, 0) is 31.6 Å². The summed E-state index contributed by atoms with van der Waals surface area (Å²) in [4.78, 5) is 0.317. The Morgan fingerprint density at radius 1 is 1.58 bits per heavy atom. The van der Waals surface area contributed by atoms with Gasteiger partial charge in [0.1, 0.15) is 0 Å². The molecule has 0 radical (unpaired) electrons. The Morgan fingerprint density at radius 3 is 2.89 bits per heavy atom. The first-order valence-corrected chi connectivity index (χ1v) is 9.10. The van der Waals surface area contributed by atoms with Gasteiger partial charge in [-0.25, -0.2) is 13.1 Å². The number of nitrogens with zero attached hydrogens (tertiary/aromatic N) is 1. The fraction of sp³-hybridized carbons (Fsp3) is 0.667. The van der Waals surface area contributed by atoms with E-state index in [1.54, 1.807) is 12.3 Å². The number of nitrogens with two attached hydrogens (primary N) is 1. The van der Waals surface area contributed by atoms with Gasteiger partial charge in [0, 0.05) is 36.8 Å². The van der Waals surface area contributed by atoms with Crippen LogP contribution >= 0.6 is 11.8 Å². The molecule has 1 aromatic heterocycles. The molecule has 0 aromatic carbocycles. The molecule has 0 bridgehead atoms. The molecular formula is C12H21N3O2S2. The van der Waals surface area contributed by atoms with Crippen LogP contribution in [0.2, 0.25) is 0 Å². The average Bonchev–Trinajstić information content (AvgIpc) is 3.05. The lowest BCUT2D eigenvalue weighted by Gasteiger charge is -2.09. The predicted octanol–water partition coefficient (Wildman–Crippen LogP) is 1.14. The van der Waals surface area contributed by atoms with Gasteiger partial charge in [-0.2, -0.15) is 11.8 Å². The Balaban J connectivity index is 2.07. The Morgan fingerprint density at radius 2 is 2.37 bits per heavy atom. The molecule has 2 rings (SSSR count). The van der Waals surface area contributed by atoms with E-state index in [1.807, 2.05) is 23.3 Å². The van der Waals surface area contributed by atoms with Crippen LogP contribution in [-0.4, -0.2) is 30.5 Å². The van der Waals surface area contributed by atoms with Crippen LogP contribution in [-0.2, 0) is 23.1 Å². The number of rotatable bonds is 6. The largest absolute Gasteiger partial charge is 0.349 e. The Kier molecular flexibility index (Phi) is 4.94. The maximum absolute atomic E-state index is 12.2. The maximum atomic E-state index is 12.2. The fourth-order valence-corrected chi connectivity index (χ4v) is 4.68. The molecule has 2 heterocycles. The molecule has 19 heavy (non-hydrogen) atoms. The van der Waals surface area contributed by atoms with E-state index < -0.39 is 10.0 Å². The normalized spacial score (nSPS) is 20.0. The number of aromatic nitrogens is 1. The van der Waals surface area contributed by atoms with E-state index >= 15 is 0 Å². The summed E-state index contributed by atoms with van der Waals surface area (Å²) in [5.74, 6) is 1.13. The first kappa shape index (κ1) is 14.9. The minimum absolute atomic E-state index is 0.317. The number of nitrogens with one attached hydrogen (secondary N) is 1. The predicted molar refractivity (Wildman–Crippen MR) is 78.7 cm³/mol. The molecule has 1 aliphatic rings. The molecule has 3 N–H and O–H groups in total. The molecule has 1 aliphatic heterocycles. The number of thioether (sulfide) groups is 1. The summed E-state index contributed by atoms with van der Waals surface area (Å²) in [5.41, 5.74) is 6.46. The van der Waals surface area contributed by atoms with Crippen molar-refractivity contribution in [1.29, 1.82) is 0 Å². The minimum Gasteiger partial charge on any atom is -0.349 e. The molecule has 5 nitrogen and oxygen atoms in total. The van der Waals surface area contributed by atoms with Crippen molar-refractivity contribution < 1.29 is 8.42 Å². The van der Waals surface area contributed by atoms with E-state index in [0.717, 1.165) is 24.4 Å². The summed E-state index contributed by atoms with van der Waals surface area (Å²) in [6, 6.07) is 1.66. The third-order valence-electron chi connectivity index (χ3n) is 3.35. The van der Waals surface area contributed by atoms with E-state index in [-0.39, 0.29) is 0 Å². The highest BCUT2D eigenvalue weighted by atomic mass is 32.2. The molecule has 1 aromatic rings. The van der Waals surface area contributed by atoms with Crippen LogP contribution in [0.1, 0.15) is 25.5 Å². The summed E-state index contributed by atoms with van der Waals surface area (Å²) in [6.45, 7) is 3.56. The van der Waals surface area contributed by atoms with Crippen molar-refractivity contribution in [3.63, 3.8) is 0 Å². The van der Waals surface area contributed by atoms with E-state index in [0.29, 0.717) is 23.2 Å². The first-order valence-electron chi connectivity index (χ1n) is 6.57. The fourth-order valence-electron chi connectivity index (χ4n) is 2.23. The smallest absolute Gasteiger partial charge is 0.242 e. The van der Waals surface area contributed by atoms with Gasteiger partial charge in [0.25, 0.3) is 0 Å². The Labute approximate surface area is 119 Å². The Hall–Kier alpha value is -0.500. The van der Waals surface area contributed by atoms with Gasteiger partial charge < -0.3 is 10.3 Å². The first-order chi connectivity index (χ1) is 9.06. The molecule has 1 saturated heterocycles. The van der Waals surface area contributed by atoms with Crippen LogP contribution in [0.4, 0.5) is 0 Å². The topological polar surface area (TPSA) is 77.1 Å². The lowest BCUT2D eigenvalue weighted by Crippen LogP contribution is -2.29. The van der Waals surface area contributed by atoms with Crippen molar-refractivity contribution in [2.75, 3.05) is 12.3 Å². The highest BCUT2D eigenvalue weighted by Crippen LogP contribution is 2.25. The highest BCUT2D eigenvalue weighted by molar-refractivity contribution is 8.00. The molecule has 7 heteroatoms. The van der Waals surface area contributed by atoms with Gasteiger partial charge >= 0.3 is 0 Å². The number of hydrogen-bond donors (Lipinski definition) is 2. The van der Waals surface area contributed by atoms with Gasteiger partial charge in [0.05, 0.1) is 4.90 Å². The lowest BCUT2D eigenvalue weighted by atomic mass is 10.2. The third-order valence-corrected chi connectivity index (χ3v) is 6.13. The molecule has 0 amide bonds. The van der Waals surface area contributed by atoms with E-state index in [1.165, 1.54) is 6.42 Å². The maximum Gasteiger partial charge on any atom is 0.242 e. The van der Waals surface area contributed by atoms with E-state index in [2.05, 4.69) is 4.72 Å². The summed E-state index contributed by atoms with van der Waals surface area (Å²) >= 11 is 1.84. The van der Waals surface area contributed by atoms with Gasteiger partial charge in [-0.3, -0.25) is 0 Å². The zero-order chi connectivity index (χ0) is 13.9. The van der Waals surface area contributed by atoms with Crippen molar-refractivity contribution >= 4 is 21.8 Å². The van der Waals surface area contributed by atoms with Gasteiger partial charge in [-0.15, -0.1) is 0 Å². The van der Waals surface area contributed by atoms with Crippen molar-refractivity contribution in [2.45, 2.75) is 43.0 Å². The quantitative estimate of drug-likeness (QED) is 0.826. The zero-order valence-corrected chi connectivity index (χ0v) is 12.8. The monoisotopic (exact) mass is 303 g/mol. The van der Waals surface area contributed by atoms with E-state index in [4.69, 9.17) is 5.73 Å². The van der Waals surface area contributed by atoms with Crippen molar-refractivity contribution in [2.24, 2.45) is 5.73 Å². The van der Waals surface area contributed by atoms with Gasteiger partial charge in [-0.1, -0.05) is 0 Å². The second kappa shape index (κ2) is 6.30. The lowest BCUT2D eigenvalue weighted by molar-refractivity contribution is 0.578. The van der Waals surface area contributed by atoms with Gasteiger partial charge in [0.15, 0.2) is 0 Å². The van der Waals surface area contributed by atoms with Crippen LogP contribution in [0.5, 0.6) is 0 Å². The zero-order valence-electron chi connectivity index (χ0n) is 11.1. The molecule has 0 spiro atoms. The summed E-state index contributed by atoms with van der Waals surface area (Å²) in [5, 5.41) is 0.414. The number of sulfonamides is 1. The molecule has 1 unspecified atom stereocenters. The minimum atomic E-state index is -3.41. The molecule has 108 valence electrons. The molecule has 1 atom stereocenters. The van der Waals surface area contributed by atoms with Crippen molar-refractivity contribution in [3.8, 4) is 0 Å². The highest BCUT2D eigenvalue weighted by Gasteiger charge is 2.21. The van der Waals surface area contributed by atoms with Crippen LogP contribution < -0.4 is 10.5 Å². The van der Waals surface area contributed by atoms with Crippen LogP contribution in [0.3, 0.4) is 0 Å². The second-order valence-corrected chi connectivity index (χ2v) is 7.82. The molecule has 0 saturated carbocycles. The summed E-state index contributed by atoms with van der Waals surface area (Å²) in [6.07, 6.45) is 3.93. The van der Waals surface area contributed by atoms with E-state index in [9.17, 15) is 8.42 Å². The van der Waals surface area contributed by atoms with Crippen LogP contribution in [0, 0.1) is 0 Å². The molecular weight excluding hydrogens is 282 g/mol. The molecule has 1 fully saturated rings. The summed E-state index contributed by atoms with van der Waals surface area (Å²) < 4.78 is 29.0. The summed E-state index contributed by atoms with van der Waals surface area (Å²) in [7, 11) is -3.41. The van der Waals surface area contributed by atoms with Crippen molar-refractivity contribution in [3.05, 3.63) is 18.0 Å². The number of hydrogen-bond acceptors (Lipinski definition) is 4. The average molecular weight is 303 g/mol. The molecule has 0 aliphatic carbocycles. The Bertz CT molecular complexity index is 498. The third kappa shape index (κ3) is 3.53. The second-order valence-electron chi connectivity index (χ2n) is 4.64. The number of aryl methyl sites for hydroxylation is 1.